The molecule has 26 heteroatoms. The number of para-hydroxylation sites is 1. The maximum absolute atomic E-state index is 13.9. The number of aromatic hydroxyl groups is 9. The van der Waals surface area contributed by atoms with Crippen molar-refractivity contribution >= 4 is 21.9 Å². The molecule has 5 aromatic carbocycles. The van der Waals surface area contributed by atoms with E-state index in [4.69, 9.17) is 32.5 Å². The summed E-state index contributed by atoms with van der Waals surface area (Å²) in [6.07, 6.45) is -18.7. The van der Waals surface area contributed by atoms with Crippen LogP contribution in [-0.4, -0.2) is 161 Å². The highest BCUT2D eigenvalue weighted by Crippen LogP contribution is 2.57. The number of benzene rings is 5. The van der Waals surface area contributed by atoms with Crippen LogP contribution < -0.4 is 25.1 Å². The Balaban J connectivity index is 1.13. The summed E-state index contributed by atoms with van der Waals surface area (Å²) < 4.78 is 40.1. The average molecular weight is 1050 g/mol. The van der Waals surface area contributed by atoms with Crippen molar-refractivity contribution in [1.29, 1.82) is 0 Å². The molecule has 0 saturated carbocycles. The second-order valence-corrected chi connectivity index (χ2v) is 17.7. The van der Waals surface area contributed by atoms with Crippen LogP contribution in [0.15, 0.2) is 79.1 Å². The standard InChI is InChI=1S/C49H42O26/c50-11-25-30(59)34(63)38(67)48(69-25)74-44-23(57)9-19(53)28-32(61)36(65)40(71-46(28)44)13-5-16-27(15-3-1-2-4-18(15)52)17-6-14(8-22(56)43(17)73-42(16)21(55)7-13)41-37(66)33(62)29-20(54)10-24(58)45(47(29)72-41)75-49-39(68)35(64)31(60)26(12-51)70-49/h1-10,25-27,30-31,34-35,38-39,48-60,63-68H,11-12H2/t25-,26-,30-,31-,34+,35+,38-,39-,48+,49+/m1/s1. The molecule has 26 nitrogen and oxygen atoms in total. The van der Waals surface area contributed by atoms with Gasteiger partial charge in [-0.25, -0.2) is 0 Å². The van der Waals surface area contributed by atoms with E-state index < -0.39 is 200 Å². The van der Waals surface area contributed by atoms with Gasteiger partial charge < -0.3 is 119 Å². The SMILES string of the molecule is O=c1c(O)c(-c2cc(O)c3c(c2)C(c2ccccc2O)c2cc(-c4oc5c(O[C@@H]6O[C@H](CO)[C@@H](O)[C@H](O)[C@H]6O)c(O)cc(O)c5c(=O)c4O)cc(O)c2O3)oc2c(O[C@@H]3O[C@H](CO)[C@@H](O)[C@H](O)[C@H]3O)c(O)cc(O)c12. The third kappa shape index (κ3) is 7.99. The highest BCUT2D eigenvalue weighted by atomic mass is 16.7. The molecule has 0 unspecified atom stereocenters. The predicted molar refractivity (Wildman–Crippen MR) is 247 cm³/mol. The minimum Gasteiger partial charge on any atom is -0.508 e. The number of phenols is 7. The van der Waals surface area contributed by atoms with Gasteiger partial charge in [0.1, 0.15) is 76.9 Å². The van der Waals surface area contributed by atoms with E-state index in [9.17, 15) is 96.4 Å². The molecule has 75 heavy (non-hydrogen) atoms. The summed E-state index contributed by atoms with van der Waals surface area (Å²) in [5, 5.41) is 182. The molecule has 3 aliphatic rings. The quantitative estimate of drug-likeness (QED) is 0.0920. The molecule has 2 aromatic heterocycles. The summed E-state index contributed by atoms with van der Waals surface area (Å²) in [5.74, 6) is -13.6. The van der Waals surface area contributed by atoms with Crippen LogP contribution in [-0.2, 0) is 9.47 Å². The van der Waals surface area contributed by atoms with Crippen molar-refractivity contribution in [3.05, 3.63) is 97.8 Å². The van der Waals surface area contributed by atoms with Gasteiger partial charge in [-0.15, -0.1) is 0 Å². The van der Waals surface area contributed by atoms with Gasteiger partial charge in [0.2, 0.25) is 46.4 Å². The Morgan fingerprint density at radius 3 is 1.27 bits per heavy atom. The van der Waals surface area contributed by atoms with Gasteiger partial charge in [-0.3, -0.25) is 9.59 Å². The largest absolute Gasteiger partial charge is 0.508 e. The molecule has 2 saturated heterocycles. The number of aliphatic hydroxyl groups is 8. The molecular formula is C49H42O26. The molecule has 5 heterocycles. The van der Waals surface area contributed by atoms with Gasteiger partial charge in [-0.2, -0.15) is 0 Å². The zero-order chi connectivity index (χ0) is 53.8. The first-order chi connectivity index (χ1) is 35.6. The van der Waals surface area contributed by atoms with Crippen molar-refractivity contribution in [2.75, 3.05) is 13.2 Å². The van der Waals surface area contributed by atoms with Crippen LogP contribution in [0.5, 0.6) is 74.7 Å². The summed E-state index contributed by atoms with van der Waals surface area (Å²) in [5.41, 5.74) is -5.28. The van der Waals surface area contributed by atoms with Gasteiger partial charge in [0.05, 0.1) is 13.2 Å². The highest BCUT2D eigenvalue weighted by Gasteiger charge is 2.47. The maximum atomic E-state index is 13.9. The van der Waals surface area contributed by atoms with E-state index in [1.54, 1.807) is 0 Å². The number of aliphatic hydroxyl groups excluding tert-OH is 8. The van der Waals surface area contributed by atoms with Crippen molar-refractivity contribution in [1.82, 2.24) is 0 Å². The Hall–Kier alpha value is -8.28. The van der Waals surface area contributed by atoms with Crippen LogP contribution in [0.1, 0.15) is 22.6 Å². The van der Waals surface area contributed by atoms with E-state index >= 15 is 0 Å². The Bertz CT molecular complexity index is 3360. The van der Waals surface area contributed by atoms with Crippen molar-refractivity contribution in [2.45, 2.75) is 67.3 Å². The molecule has 394 valence electrons. The predicted octanol–water partition coefficient (Wildman–Crippen LogP) is 0.227. The van der Waals surface area contributed by atoms with Crippen molar-refractivity contribution in [3.63, 3.8) is 0 Å². The molecule has 0 radical (unpaired) electrons. The summed E-state index contributed by atoms with van der Waals surface area (Å²) in [6.45, 7) is -1.77. The molecular weight excluding hydrogens is 1000 g/mol. The molecule has 7 aromatic rings. The fourth-order valence-electron chi connectivity index (χ4n) is 9.31. The van der Waals surface area contributed by atoms with Crippen LogP contribution in [0.2, 0.25) is 0 Å². The van der Waals surface area contributed by atoms with Gasteiger partial charge in [-0.1, -0.05) is 18.2 Å². The Kier molecular flexibility index (Phi) is 12.5. The second kappa shape index (κ2) is 18.6. The zero-order valence-corrected chi connectivity index (χ0v) is 37.8. The molecule has 10 rings (SSSR count). The van der Waals surface area contributed by atoms with E-state index in [0.29, 0.717) is 12.1 Å². The summed E-state index contributed by atoms with van der Waals surface area (Å²) >= 11 is 0. The summed E-state index contributed by atoms with van der Waals surface area (Å²) in [6, 6.07) is 11.1. The van der Waals surface area contributed by atoms with Gasteiger partial charge in [0.15, 0.2) is 57.2 Å². The fourth-order valence-corrected chi connectivity index (χ4v) is 9.31. The summed E-state index contributed by atoms with van der Waals surface area (Å²) in [4.78, 5) is 27.8. The van der Waals surface area contributed by atoms with Crippen LogP contribution in [0.4, 0.5) is 0 Å². The molecule has 2 fully saturated rings. The van der Waals surface area contributed by atoms with Crippen molar-refractivity contribution < 1.29 is 119 Å². The Labute approximate surface area is 416 Å². The lowest BCUT2D eigenvalue weighted by molar-refractivity contribution is -0.277. The first kappa shape index (κ1) is 50.3. The Morgan fingerprint density at radius 1 is 0.453 bits per heavy atom. The van der Waals surface area contributed by atoms with Crippen molar-refractivity contribution in [3.8, 4) is 97.4 Å². The summed E-state index contributed by atoms with van der Waals surface area (Å²) in [7, 11) is 0. The first-order valence-electron chi connectivity index (χ1n) is 22.3. The Morgan fingerprint density at radius 2 is 0.867 bits per heavy atom. The number of hydrogen-bond acceptors (Lipinski definition) is 26. The van der Waals surface area contributed by atoms with E-state index in [-0.39, 0.29) is 27.8 Å². The number of ether oxygens (including phenoxy) is 5. The van der Waals surface area contributed by atoms with Crippen LogP contribution in [0.3, 0.4) is 0 Å². The minimum atomic E-state index is -2.05. The van der Waals surface area contributed by atoms with Gasteiger partial charge in [0.25, 0.3) is 0 Å². The molecule has 3 aliphatic heterocycles. The number of fused-ring (bicyclic) bond motifs is 4. The molecule has 17 N–H and O–H groups in total. The average Bonchev–Trinajstić information content (AvgIpc) is 3.38. The third-order valence-electron chi connectivity index (χ3n) is 13.1. The molecule has 10 atom stereocenters. The van der Waals surface area contributed by atoms with Gasteiger partial charge in [-0.05, 0) is 30.3 Å². The van der Waals surface area contributed by atoms with Crippen LogP contribution >= 0.6 is 0 Å². The topological polar surface area (TPSA) is 450 Å². The van der Waals surface area contributed by atoms with Crippen LogP contribution in [0, 0.1) is 0 Å². The number of rotatable bonds is 9. The van der Waals surface area contributed by atoms with Gasteiger partial charge in [0, 0.05) is 45.9 Å². The maximum Gasteiger partial charge on any atom is 0.238 e. The normalized spacial score (nSPS) is 24.6. The first-order valence-corrected chi connectivity index (χ1v) is 22.3. The minimum absolute atomic E-state index is 0.0138. The monoisotopic (exact) mass is 1050 g/mol. The smallest absolute Gasteiger partial charge is 0.238 e. The fraction of sp³-hybridized carbons (Fsp3) is 0.265. The molecule has 0 amide bonds. The molecule has 0 spiro atoms. The van der Waals surface area contributed by atoms with E-state index in [0.717, 1.165) is 12.1 Å². The lowest BCUT2D eigenvalue weighted by Crippen LogP contribution is -2.60. The van der Waals surface area contributed by atoms with Gasteiger partial charge >= 0.3 is 0 Å². The molecule has 0 aliphatic carbocycles. The number of phenolic OH excluding ortho intramolecular Hbond substituents is 7. The van der Waals surface area contributed by atoms with Crippen molar-refractivity contribution in [2.24, 2.45) is 0 Å². The molecule has 0 bridgehead atoms. The number of hydrogen-bond donors (Lipinski definition) is 17. The van der Waals surface area contributed by atoms with E-state index in [1.165, 1.54) is 36.4 Å². The lowest BCUT2D eigenvalue weighted by atomic mass is 9.80. The second-order valence-electron chi connectivity index (χ2n) is 17.7. The highest BCUT2D eigenvalue weighted by molar-refractivity contribution is 5.95. The zero-order valence-electron chi connectivity index (χ0n) is 37.8. The van der Waals surface area contributed by atoms with Crippen LogP contribution in [0.25, 0.3) is 44.6 Å². The third-order valence-corrected chi connectivity index (χ3v) is 13.1. The van der Waals surface area contributed by atoms with E-state index in [2.05, 4.69) is 0 Å². The van der Waals surface area contributed by atoms with E-state index in [1.807, 2.05) is 0 Å². The lowest BCUT2D eigenvalue weighted by Gasteiger charge is -2.39.